The Morgan fingerprint density at radius 1 is 0.955 bits per heavy atom. The number of hydrogen-bond acceptors (Lipinski definition) is 4. The van der Waals surface area contributed by atoms with E-state index < -0.39 is 0 Å². The van der Waals surface area contributed by atoms with E-state index in [-0.39, 0.29) is 0 Å². The van der Waals surface area contributed by atoms with Gasteiger partial charge in [-0.1, -0.05) is 47.7 Å². The highest BCUT2D eigenvalue weighted by Crippen LogP contribution is 2.28. The molecule has 0 radical (unpaired) electrons. The molecule has 1 heterocycles. The predicted octanol–water partition coefficient (Wildman–Crippen LogP) is 5.19. The van der Waals surface area contributed by atoms with E-state index in [9.17, 15) is 0 Å². The second-order valence-electron chi connectivity index (χ2n) is 4.81. The summed E-state index contributed by atoms with van der Waals surface area (Å²) in [4.78, 5) is 1.16. The lowest BCUT2D eigenvalue weighted by Gasteiger charge is -1.98. The second kappa shape index (κ2) is 7.00. The Balaban J connectivity index is 1.60. The van der Waals surface area contributed by atoms with Gasteiger partial charge in [0.05, 0.1) is 11.9 Å². The molecular formula is C18H16N2OS. The highest BCUT2D eigenvalue weighted by Gasteiger charge is 2.02. The lowest BCUT2D eigenvalue weighted by Crippen LogP contribution is -1.88. The summed E-state index contributed by atoms with van der Waals surface area (Å²) in [6.07, 6.45) is 1.67. The smallest absolute Gasteiger partial charge is 0.165 e. The number of aryl methyl sites for hydroxylation is 1. The van der Waals surface area contributed by atoms with E-state index in [2.05, 4.69) is 41.7 Å². The minimum atomic E-state index is 0.720. The number of hydrazone groups is 1. The quantitative estimate of drug-likeness (QED) is 0.521. The standard InChI is InChI=1S/C18H16N2OS/c1-14-7-10-17(11-8-14)22-18-12-9-16(21-18)13-19-20-15-5-3-2-4-6-15/h2-13,20H,1H3/b19-13-. The van der Waals surface area contributed by atoms with Crippen LogP contribution < -0.4 is 5.43 Å². The Hall–Kier alpha value is -2.46. The van der Waals surface area contributed by atoms with E-state index in [1.54, 1.807) is 18.0 Å². The zero-order valence-electron chi connectivity index (χ0n) is 12.2. The van der Waals surface area contributed by atoms with Crippen LogP contribution in [0.3, 0.4) is 0 Å². The molecular weight excluding hydrogens is 292 g/mol. The molecule has 1 N–H and O–H groups in total. The van der Waals surface area contributed by atoms with Crippen molar-refractivity contribution in [2.75, 3.05) is 5.43 Å². The summed E-state index contributed by atoms with van der Waals surface area (Å²) < 4.78 is 5.73. The third-order valence-electron chi connectivity index (χ3n) is 3.00. The molecule has 3 nitrogen and oxygen atoms in total. The van der Waals surface area contributed by atoms with Gasteiger partial charge < -0.3 is 4.42 Å². The van der Waals surface area contributed by atoms with Crippen molar-refractivity contribution < 1.29 is 4.42 Å². The number of furan rings is 1. The molecule has 3 aromatic rings. The number of anilines is 1. The summed E-state index contributed by atoms with van der Waals surface area (Å²) in [6.45, 7) is 2.08. The second-order valence-corrected chi connectivity index (χ2v) is 5.89. The van der Waals surface area contributed by atoms with E-state index in [0.29, 0.717) is 0 Å². The number of para-hydroxylation sites is 1. The Morgan fingerprint density at radius 2 is 1.73 bits per heavy atom. The molecule has 3 rings (SSSR count). The minimum absolute atomic E-state index is 0.720. The van der Waals surface area contributed by atoms with Gasteiger partial charge in [-0.25, -0.2) is 0 Å². The van der Waals surface area contributed by atoms with E-state index >= 15 is 0 Å². The van der Waals surface area contributed by atoms with Gasteiger partial charge >= 0.3 is 0 Å². The molecule has 0 bridgehead atoms. The summed E-state index contributed by atoms with van der Waals surface area (Å²) >= 11 is 1.60. The Morgan fingerprint density at radius 3 is 2.50 bits per heavy atom. The van der Waals surface area contributed by atoms with Crippen molar-refractivity contribution in [1.29, 1.82) is 0 Å². The third kappa shape index (κ3) is 4.02. The molecule has 110 valence electrons. The lowest BCUT2D eigenvalue weighted by molar-refractivity contribution is 0.469. The van der Waals surface area contributed by atoms with E-state index in [1.165, 1.54) is 5.56 Å². The maximum absolute atomic E-state index is 5.73. The van der Waals surface area contributed by atoms with Gasteiger partial charge in [0.15, 0.2) is 5.09 Å². The van der Waals surface area contributed by atoms with Gasteiger partial charge in [0.2, 0.25) is 0 Å². The first kappa shape index (κ1) is 14.5. The molecule has 22 heavy (non-hydrogen) atoms. The van der Waals surface area contributed by atoms with Crippen LogP contribution >= 0.6 is 11.8 Å². The fourth-order valence-corrected chi connectivity index (χ4v) is 2.64. The Bertz CT molecular complexity index is 748. The van der Waals surface area contributed by atoms with Crippen molar-refractivity contribution in [3.05, 3.63) is 78.1 Å². The van der Waals surface area contributed by atoms with Crippen LogP contribution in [0.25, 0.3) is 0 Å². The first-order valence-electron chi connectivity index (χ1n) is 6.98. The largest absolute Gasteiger partial charge is 0.448 e. The molecule has 0 spiro atoms. The molecule has 0 aliphatic rings. The van der Waals surface area contributed by atoms with Gasteiger partial charge in [0.25, 0.3) is 0 Å². The Kier molecular flexibility index (Phi) is 4.61. The molecule has 0 fully saturated rings. The summed E-state index contributed by atoms with van der Waals surface area (Å²) in [5.41, 5.74) is 5.16. The van der Waals surface area contributed by atoms with Crippen molar-refractivity contribution in [1.82, 2.24) is 0 Å². The third-order valence-corrected chi connectivity index (χ3v) is 3.93. The number of hydrogen-bond donors (Lipinski definition) is 1. The van der Waals surface area contributed by atoms with Crippen LogP contribution in [0.15, 0.2) is 86.2 Å². The maximum atomic E-state index is 5.73. The highest BCUT2D eigenvalue weighted by molar-refractivity contribution is 7.99. The number of rotatable bonds is 5. The molecule has 0 saturated heterocycles. The zero-order chi connectivity index (χ0) is 15.2. The van der Waals surface area contributed by atoms with E-state index in [4.69, 9.17) is 4.42 Å². The molecule has 0 aliphatic carbocycles. The average Bonchev–Trinajstić information content (AvgIpc) is 2.98. The monoisotopic (exact) mass is 308 g/mol. The van der Waals surface area contributed by atoms with Crippen LogP contribution in [0.5, 0.6) is 0 Å². The first-order chi connectivity index (χ1) is 10.8. The molecule has 0 aliphatic heterocycles. The van der Waals surface area contributed by atoms with Gasteiger partial charge in [-0.05, 0) is 43.3 Å². The summed E-state index contributed by atoms with van der Waals surface area (Å²) in [5, 5.41) is 5.02. The van der Waals surface area contributed by atoms with Crippen LogP contribution in [0, 0.1) is 6.92 Å². The van der Waals surface area contributed by atoms with Crippen molar-refractivity contribution in [2.24, 2.45) is 5.10 Å². The SMILES string of the molecule is Cc1ccc(Sc2ccc(/C=N\Nc3ccccc3)o2)cc1. The average molecular weight is 308 g/mol. The molecule has 0 amide bonds. The number of nitrogens with zero attached hydrogens (tertiary/aromatic N) is 1. The number of benzene rings is 2. The molecule has 0 unspecified atom stereocenters. The topological polar surface area (TPSA) is 37.5 Å². The van der Waals surface area contributed by atoms with Crippen LogP contribution in [0.2, 0.25) is 0 Å². The fourth-order valence-electron chi connectivity index (χ4n) is 1.86. The van der Waals surface area contributed by atoms with Gasteiger partial charge in [0.1, 0.15) is 5.76 Å². The van der Waals surface area contributed by atoms with Crippen LogP contribution in [-0.4, -0.2) is 6.21 Å². The maximum Gasteiger partial charge on any atom is 0.165 e. The zero-order valence-corrected chi connectivity index (χ0v) is 13.0. The Labute approximate surface area is 134 Å². The number of nitrogens with one attached hydrogen (secondary N) is 1. The summed E-state index contributed by atoms with van der Waals surface area (Å²) in [5.74, 6) is 0.720. The van der Waals surface area contributed by atoms with Crippen molar-refractivity contribution in [3.63, 3.8) is 0 Å². The highest BCUT2D eigenvalue weighted by atomic mass is 32.2. The molecule has 4 heteroatoms. The lowest BCUT2D eigenvalue weighted by atomic mass is 10.2. The normalized spacial score (nSPS) is 11.0. The molecule has 0 saturated carbocycles. The first-order valence-corrected chi connectivity index (χ1v) is 7.80. The van der Waals surface area contributed by atoms with Gasteiger partial charge in [-0.2, -0.15) is 5.10 Å². The summed E-state index contributed by atoms with van der Waals surface area (Å²) in [7, 11) is 0. The van der Waals surface area contributed by atoms with E-state index in [1.807, 2.05) is 42.5 Å². The minimum Gasteiger partial charge on any atom is -0.448 e. The van der Waals surface area contributed by atoms with Crippen molar-refractivity contribution >= 4 is 23.7 Å². The van der Waals surface area contributed by atoms with Crippen molar-refractivity contribution in [3.8, 4) is 0 Å². The van der Waals surface area contributed by atoms with Crippen molar-refractivity contribution in [2.45, 2.75) is 16.9 Å². The van der Waals surface area contributed by atoms with Crippen LogP contribution in [0.1, 0.15) is 11.3 Å². The van der Waals surface area contributed by atoms with Gasteiger partial charge in [-0.15, -0.1) is 0 Å². The summed E-state index contributed by atoms with van der Waals surface area (Å²) in [6, 6.07) is 22.0. The van der Waals surface area contributed by atoms with Crippen LogP contribution in [0.4, 0.5) is 5.69 Å². The molecule has 2 aromatic carbocycles. The predicted molar refractivity (Wildman–Crippen MR) is 91.7 cm³/mol. The van der Waals surface area contributed by atoms with Crippen LogP contribution in [-0.2, 0) is 0 Å². The van der Waals surface area contributed by atoms with Gasteiger partial charge in [0, 0.05) is 4.90 Å². The van der Waals surface area contributed by atoms with E-state index in [0.717, 1.165) is 21.4 Å². The fraction of sp³-hybridized carbons (Fsp3) is 0.0556. The molecule has 0 atom stereocenters. The van der Waals surface area contributed by atoms with Gasteiger partial charge in [-0.3, -0.25) is 5.43 Å². The molecule has 1 aromatic heterocycles.